The molecule has 0 N–H and O–H groups in total. The quantitative estimate of drug-likeness (QED) is 0.276. The molecule has 0 bridgehead atoms. The van der Waals surface area contributed by atoms with Gasteiger partial charge in [-0.2, -0.15) is 0 Å². The molecule has 0 aliphatic heterocycles. The molecule has 3 aromatic carbocycles. The summed E-state index contributed by atoms with van der Waals surface area (Å²) in [6.07, 6.45) is 4.10. The van der Waals surface area contributed by atoms with Crippen molar-refractivity contribution in [3.05, 3.63) is 83.6 Å². The van der Waals surface area contributed by atoms with Crippen molar-refractivity contribution in [2.75, 3.05) is 0 Å². The fourth-order valence-electron chi connectivity index (χ4n) is 4.44. The predicted molar refractivity (Wildman–Crippen MR) is 134 cm³/mol. The minimum absolute atomic E-state index is 0.00909. The molecule has 160 valence electrons. The van der Waals surface area contributed by atoms with Crippen LogP contribution in [0.1, 0.15) is 49.4 Å². The summed E-state index contributed by atoms with van der Waals surface area (Å²) in [5.74, 6) is 0.438. The van der Waals surface area contributed by atoms with E-state index < -0.39 is 5.41 Å². The zero-order valence-corrected chi connectivity index (χ0v) is 19.0. The third kappa shape index (κ3) is 3.25. The molecule has 0 radical (unpaired) electrons. The summed E-state index contributed by atoms with van der Waals surface area (Å²) in [6, 6.07) is 22.9. The summed E-state index contributed by atoms with van der Waals surface area (Å²) in [5.41, 5.74) is 4.65. The summed E-state index contributed by atoms with van der Waals surface area (Å²) >= 11 is 0. The molecule has 3 nitrogen and oxygen atoms in total. The summed E-state index contributed by atoms with van der Waals surface area (Å²) in [4.78, 5) is 13.1. The van der Waals surface area contributed by atoms with Crippen LogP contribution in [0.15, 0.2) is 71.1 Å². The monoisotopic (exact) mass is 421 g/mol. The second-order valence-corrected chi connectivity index (χ2v) is 9.29. The Bertz CT molecular complexity index is 1510. The van der Waals surface area contributed by atoms with E-state index in [2.05, 4.69) is 60.0 Å². The number of para-hydroxylation sites is 2. The second-order valence-electron chi connectivity index (χ2n) is 9.29. The standard InChI is InChI=1S/C29H27NO2/c1-5-30-24-12-8-6-10-20(24)23-18-19(15-17-25(23)30)14-16-22-21-11-7-9-13-26(21)32-27(22)28(31)29(2,3)4/h6-18H,5H2,1-4H3/b16-14+. The zero-order valence-electron chi connectivity index (χ0n) is 19.0. The lowest BCUT2D eigenvalue weighted by Crippen LogP contribution is -2.20. The maximum absolute atomic E-state index is 13.1. The highest BCUT2D eigenvalue weighted by atomic mass is 16.3. The first-order valence-corrected chi connectivity index (χ1v) is 11.1. The Hall–Kier alpha value is -3.59. The minimum Gasteiger partial charge on any atom is -0.452 e. The number of Topliss-reactive ketones (excluding diaryl/α,β-unsaturated/α-hetero) is 1. The van der Waals surface area contributed by atoms with Crippen molar-refractivity contribution in [3.8, 4) is 0 Å². The average Bonchev–Trinajstić information content (AvgIpc) is 3.31. The molecule has 3 heteroatoms. The van der Waals surface area contributed by atoms with E-state index in [0.29, 0.717) is 5.76 Å². The van der Waals surface area contributed by atoms with Crippen molar-refractivity contribution >= 4 is 50.7 Å². The molecule has 2 heterocycles. The molecular formula is C29H27NO2. The SMILES string of the molecule is CCn1c2ccccc2c2cc(/C=C/c3c(C(=O)C(C)(C)C)oc4ccccc34)ccc21. The molecule has 0 saturated carbocycles. The number of carbonyl (C=O) groups is 1. The Morgan fingerprint density at radius 3 is 2.31 bits per heavy atom. The normalized spacial score (nSPS) is 12.5. The van der Waals surface area contributed by atoms with Crippen LogP contribution in [0.4, 0.5) is 0 Å². The Morgan fingerprint density at radius 2 is 1.56 bits per heavy atom. The molecule has 5 aromatic rings. The fraction of sp³-hybridized carbons (Fsp3) is 0.207. The van der Waals surface area contributed by atoms with Crippen molar-refractivity contribution in [3.63, 3.8) is 0 Å². The van der Waals surface area contributed by atoms with Crippen molar-refractivity contribution in [2.24, 2.45) is 5.41 Å². The molecule has 0 unspecified atom stereocenters. The maximum atomic E-state index is 13.1. The second kappa shape index (κ2) is 7.52. The fourth-order valence-corrected chi connectivity index (χ4v) is 4.44. The zero-order chi connectivity index (χ0) is 22.5. The van der Waals surface area contributed by atoms with Gasteiger partial charge in [0.2, 0.25) is 5.78 Å². The number of furan rings is 1. The molecule has 0 aliphatic rings. The number of carbonyl (C=O) groups excluding carboxylic acids is 1. The van der Waals surface area contributed by atoms with Gasteiger partial charge in [-0.1, -0.05) is 69.3 Å². The lowest BCUT2D eigenvalue weighted by Gasteiger charge is -2.14. The summed E-state index contributed by atoms with van der Waals surface area (Å²) in [5, 5.41) is 3.46. The van der Waals surface area contributed by atoms with Crippen LogP contribution in [0.3, 0.4) is 0 Å². The highest BCUT2D eigenvalue weighted by molar-refractivity contribution is 6.09. The number of hydrogen-bond acceptors (Lipinski definition) is 2. The first-order chi connectivity index (χ1) is 15.4. The summed E-state index contributed by atoms with van der Waals surface area (Å²) in [6.45, 7) is 8.88. The third-order valence-electron chi connectivity index (χ3n) is 6.08. The number of benzene rings is 3. The summed E-state index contributed by atoms with van der Waals surface area (Å²) in [7, 11) is 0. The first-order valence-electron chi connectivity index (χ1n) is 11.1. The molecule has 2 aromatic heterocycles. The predicted octanol–water partition coefficient (Wildman–Crippen LogP) is 7.96. The van der Waals surface area contributed by atoms with Crippen LogP contribution < -0.4 is 0 Å². The van der Waals surface area contributed by atoms with Gasteiger partial charge in [0.1, 0.15) is 5.58 Å². The molecule has 32 heavy (non-hydrogen) atoms. The van der Waals surface area contributed by atoms with Gasteiger partial charge in [0, 0.05) is 44.7 Å². The van der Waals surface area contributed by atoms with E-state index in [-0.39, 0.29) is 5.78 Å². The first kappa shape index (κ1) is 20.3. The van der Waals surface area contributed by atoms with Crippen LogP contribution in [0, 0.1) is 5.41 Å². The van der Waals surface area contributed by atoms with E-state index >= 15 is 0 Å². The highest BCUT2D eigenvalue weighted by Crippen LogP contribution is 2.33. The van der Waals surface area contributed by atoms with Gasteiger partial charge < -0.3 is 8.98 Å². The Morgan fingerprint density at radius 1 is 0.875 bits per heavy atom. The van der Waals surface area contributed by atoms with E-state index in [4.69, 9.17) is 4.42 Å². The van der Waals surface area contributed by atoms with Gasteiger partial charge in [0.05, 0.1) is 0 Å². The highest BCUT2D eigenvalue weighted by Gasteiger charge is 2.29. The maximum Gasteiger partial charge on any atom is 0.203 e. The van der Waals surface area contributed by atoms with Crippen LogP contribution in [0.25, 0.3) is 44.9 Å². The molecular weight excluding hydrogens is 394 g/mol. The lowest BCUT2D eigenvalue weighted by molar-refractivity contribution is 0.0830. The van der Waals surface area contributed by atoms with E-state index in [0.717, 1.165) is 28.6 Å². The van der Waals surface area contributed by atoms with Crippen LogP contribution in [0.2, 0.25) is 0 Å². The van der Waals surface area contributed by atoms with Crippen LogP contribution in [0.5, 0.6) is 0 Å². The van der Waals surface area contributed by atoms with Gasteiger partial charge >= 0.3 is 0 Å². The van der Waals surface area contributed by atoms with Crippen molar-refractivity contribution in [2.45, 2.75) is 34.2 Å². The lowest BCUT2D eigenvalue weighted by atomic mass is 9.88. The van der Waals surface area contributed by atoms with Crippen LogP contribution >= 0.6 is 0 Å². The Labute approximate surface area is 188 Å². The van der Waals surface area contributed by atoms with Crippen molar-refractivity contribution in [1.29, 1.82) is 0 Å². The molecule has 5 rings (SSSR count). The Balaban J connectivity index is 1.65. The van der Waals surface area contributed by atoms with Gasteiger partial charge in [-0.3, -0.25) is 4.79 Å². The number of nitrogens with zero attached hydrogens (tertiary/aromatic N) is 1. The van der Waals surface area contributed by atoms with Gasteiger partial charge in [-0.15, -0.1) is 0 Å². The molecule has 0 spiro atoms. The van der Waals surface area contributed by atoms with E-state index in [1.165, 1.54) is 21.8 Å². The van der Waals surface area contributed by atoms with E-state index in [1.807, 2.05) is 51.1 Å². The van der Waals surface area contributed by atoms with E-state index in [9.17, 15) is 4.79 Å². The van der Waals surface area contributed by atoms with Crippen LogP contribution in [-0.4, -0.2) is 10.4 Å². The average molecular weight is 422 g/mol. The summed E-state index contributed by atoms with van der Waals surface area (Å²) < 4.78 is 8.37. The largest absolute Gasteiger partial charge is 0.452 e. The molecule has 0 aliphatic carbocycles. The molecule has 0 fully saturated rings. The molecule has 0 saturated heterocycles. The third-order valence-corrected chi connectivity index (χ3v) is 6.08. The topological polar surface area (TPSA) is 35.1 Å². The smallest absolute Gasteiger partial charge is 0.203 e. The number of rotatable bonds is 4. The Kier molecular flexibility index (Phi) is 4.78. The minimum atomic E-state index is -0.517. The van der Waals surface area contributed by atoms with Crippen molar-refractivity contribution in [1.82, 2.24) is 4.57 Å². The van der Waals surface area contributed by atoms with Gasteiger partial charge in [0.25, 0.3) is 0 Å². The number of aromatic nitrogens is 1. The van der Waals surface area contributed by atoms with Gasteiger partial charge in [0.15, 0.2) is 5.76 Å². The van der Waals surface area contributed by atoms with Crippen LogP contribution in [-0.2, 0) is 6.54 Å². The number of aryl methyl sites for hydroxylation is 1. The number of ketones is 1. The molecule has 0 amide bonds. The van der Waals surface area contributed by atoms with Gasteiger partial charge in [-0.25, -0.2) is 0 Å². The van der Waals surface area contributed by atoms with E-state index in [1.54, 1.807) is 0 Å². The van der Waals surface area contributed by atoms with Crippen molar-refractivity contribution < 1.29 is 9.21 Å². The van der Waals surface area contributed by atoms with Gasteiger partial charge in [-0.05, 0) is 42.8 Å². The number of fused-ring (bicyclic) bond motifs is 4. The molecule has 0 atom stereocenters. The number of hydrogen-bond donors (Lipinski definition) is 0.